The van der Waals surface area contributed by atoms with Crippen molar-refractivity contribution in [1.29, 1.82) is 0 Å². The Morgan fingerprint density at radius 2 is 1.93 bits per heavy atom. The summed E-state index contributed by atoms with van der Waals surface area (Å²) in [6, 6.07) is 10.8. The highest BCUT2D eigenvalue weighted by atomic mass is 32.2. The van der Waals surface area contributed by atoms with E-state index < -0.39 is 22.0 Å². The molecule has 28 heavy (non-hydrogen) atoms. The van der Waals surface area contributed by atoms with E-state index in [-0.39, 0.29) is 22.9 Å². The van der Waals surface area contributed by atoms with E-state index in [9.17, 15) is 18.0 Å². The van der Waals surface area contributed by atoms with Crippen LogP contribution in [-0.2, 0) is 26.0 Å². The summed E-state index contributed by atoms with van der Waals surface area (Å²) < 4.78 is 37.6. The molecule has 9 heteroatoms. The number of sulfonamides is 1. The topological polar surface area (TPSA) is 111 Å². The van der Waals surface area contributed by atoms with Crippen LogP contribution in [0.2, 0.25) is 0 Å². The third-order valence-corrected chi connectivity index (χ3v) is 5.59. The minimum atomic E-state index is -4.09. The Hall–Kier alpha value is -3.07. The standard InChI is InChI=1S/C19H20N2O6S/c1-3-16-19(23)20-15-11-14(8-9-17(15)27-16)28(24,25)21-18(22)10-12-4-6-13(26-2)7-5-12/h4-9,11,16H,3,10H2,1-2H3,(H,20,23)(H,21,22). The first-order valence-corrected chi connectivity index (χ1v) is 10.1. The van der Waals surface area contributed by atoms with Gasteiger partial charge >= 0.3 is 0 Å². The van der Waals surface area contributed by atoms with E-state index in [4.69, 9.17) is 9.47 Å². The van der Waals surface area contributed by atoms with Crippen LogP contribution in [0.25, 0.3) is 0 Å². The zero-order valence-electron chi connectivity index (χ0n) is 15.4. The number of ether oxygens (including phenoxy) is 2. The van der Waals surface area contributed by atoms with E-state index in [0.29, 0.717) is 23.5 Å². The molecule has 0 saturated carbocycles. The predicted octanol–water partition coefficient (Wildman–Crippen LogP) is 1.85. The minimum absolute atomic E-state index is 0.105. The molecule has 0 fully saturated rings. The van der Waals surface area contributed by atoms with Gasteiger partial charge in [-0.2, -0.15) is 0 Å². The van der Waals surface area contributed by atoms with Gasteiger partial charge in [-0.05, 0) is 42.3 Å². The molecule has 8 nitrogen and oxygen atoms in total. The van der Waals surface area contributed by atoms with Crippen LogP contribution in [0.1, 0.15) is 18.9 Å². The second-order valence-corrected chi connectivity index (χ2v) is 7.90. The van der Waals surface area contributed by atoms with Crippen LogP contribution in [0, 0.1) is 0 Å². The highest BCUT2D eigenvalue weighted by Gasteiger charge is 2.28. The summed E-state index contributed by atoms with van der Waals surface area (Å²) in [4.78, 5) is 23.9. The van der Waals surface area contributed by atoms with Gasteiger partial charge in [-0.15, -0.1) is 0 Å². The first-order chi connectivity index (χ1) is 13.3. The monoisotopic (exact) mass is 404 g/mol. The molecule has 1 atom stereocenters. The molecule has 1 aliphatic rings. The quantitative estimate of drug-likeness (QED) is 0.760. The molecule has 0 aliphatic carbocycles. The average molecular weight is 404 g/mol. The summed E-state index contributed by atoms with van der Waals surface area (Å²) in [7, 11) is -2.56. The molecule has 0 bridgehead atoms. The van der Waals surface area contributed by atoms with Gasteiger partial charge in [0.15, 0.2) is 6.10 Å². The number of rotatable bonds is 6. The smallest absolute Gasteiger partial charge is 0.265 e. The van der Waals surface area contributed by atoms with Crippen molar-refractivity contribution in [3.8, 4) is 11.5 Å². The second-order valence-electron chi connectivity index (χ2n) is 6.22. The fourth-order valence-electron chi connectivity index (χ4n) is 2.74. The summed E-state index contributed by atoms with van der Waals surface area (Å²) >= 11 is 0. The average Bonchev–Trinajstić information content (AvgIpc) is 2.67. The maximum Gasteiger partial charge on any atom is 0.265 e. The van der Waals surface area contributed by atoms with Gasteiger partial charge in [0.05, 0.1) is 24.1 Å². The maximum absolute atomic E-state index is 12.5. The number of fused-ring (bicyclic) bond motifs is 1. The van der Waals surface area contributed by atoms with Crippen LogP contribution in [0.3, 0.4) is 0 Å². The predicted molar refractivity (Wildman–Crippen MR) is 102 cm³/mol. The molecule has 0 saturated heterocycles. The largest absolute Gasteiger partial charge is 0.497 e. The van der Waals surface area contributed by atoms with Crippen LogP contribution in [-0.4, -0.2) is 33.4 Å². The lowest BCUT2D eigenvalue weighted by atomic mass is 10.1. The number of anilines is 1. The molecule has 3 rings (SSSR count). The van der Waals surface area contributed by atoms with E-state index in [1.165, 1.54) is 25.3 Å². The molecule has 2 amide bonds. The summed E-state index contributed by atoms with van der Waals surface area (Å²) in [6.07, 6.45) is -0.224. The molecule has 1 aliphatic heterocycles. The first kappa shape index (κ1) is 19.7. The van der Waals surface area contributed by atoms with Crippen LogP contribution in [0.15, 0.2) is 47.4 Å². The lowest BCUT2D eigenvalue weighted by molar-refractivity contribution is -0.123. The zero-order valence-corrected chi connectivity index (χ0v) is 16.2. The summed E-state index contributed by atoms with van der Waals surface area (Å²) in [5.41, 5.74) is 0.894. The Kier molecular flexibility index (Phi) is 5.55. The van der Waals surface area contributed by atoms with Gasteiger partial charge in [-0.1, -0.05) is 19.1 Å². The molecule has 0 aromatic heterocycles. The van der Waals surface area contributed by atoms with E-state index in [0.717, 1.165) is 0 Å². The number of carbonyl (C=O) groups excluding carboxylic acids is 2. The van der Waals surface area contributed by atoms with Gasteiger partial charge in [-0.3, -0.25) is 9.59 Å². The van der Waals surface area contributed by atoms with Gasteiger partial charge in [0.2, 0.25) is 5.91 Å². The van der Waals surface area contributed by atoms with Crippen LogP contribution < -0.4 is 19.5 Å². The molecule has 148 valence electrons. The maximum atomic E-state index is 12.5. The van der Waals surface area contributed by atoms with Crippen LogP contribution >= 0.6 is 0 Å². The van der Waals surface area contributed by atoms with E-state index >= 15 is 0 Å². The number of amides is 2. The fourth-order valence-corrected chi connectivity index (χ4v) is 3.75. The number of carbonyl (C=O) groups is 2. The van der Waals surface area contributed by atoms with Crippen molar-refractivity contribution < 1.29 is 27.5 Å². The molecule has 2 aromatic rings. The summed E-state index contributed by atoms with van der Waals surface area (Å²) in [5.74, 6) is 0.0117. The summed E-state index contributed by atoms with van der Waals surface area (Å²) in [5, 5.41) is 2.62. The fraction of sp³-hybridized carbons (Fsp3) is 0.263. The van der Waals surface area contributed by atoms with Gasteiger partial charge in [0.25, 0.3) is 15.9 Å². The molecule has 2 aromatic carbocycles. The van der Waals surface area contributed by atoms with E-state index in [2.05, 4.69) is 5.32 Å². The van der Waals surface area contributed by atoms with Gasteiger partial charge in [-0.25, -0.2) is 13.1 Å². The normalized spacial score (nSPS) is 15.8. The number of hydrogen-bond acceptors (Lipinski definition) is 6. The Labute approximate surface area is 162 Å². The molecule has 1 heterocycles. The van der Waals surface area contributed by atoms with Crippen molar-refractivity contribution in [3.63, 3.8) is 0 Å². The highest BCUT2D eigenvalue weighted by Crippen LogP contribution is 2.32. The Morgan fingerprint density at radius 1 is 1.21 bits per heavy atom. The van der Waals surface area contributed by atoms with Crippen LogP contribution in [0.5, 0.6) is 11.5 Å². The third-order valence-electron chi connectivity index (χ3n) is 4.22. The lowest BCUT2D eigenvalue weighted by Gasteiger charge is -2.25. The SMILES string of the molecule is CCC1Oc2ccc(S(=O)(=O)NC(=O)Cc3ccc(OC)cc3)cc2NC1=O. The Morgan fingerprint density at radius 3 is 2.57 bits per heavy atom. The molecule has 1 unspecified atom stereocenters. The van der Waals surface area contributed by atoms with Crippen molar-refractivity contribution in [2.75, 3.05) is 12.4 Å². The molecule has 0 spiro atoms. The van der Waals surface area contributed by atoms with Crippen molar-refractivity contribution in [1.82, 2.24) is 4.72 Å². The summed E-state index contributed by atoms with van der Waals surface area (Å²) in [6.45, 7) is 1.81. The van der Waals surface area contributed by atoms with Crippen LogP contribution in [0.4, 0.5) is 5.69 Å². The van der Waals surface area contributed by atoms with Crippen molar-refractivity contribution >= 4 is 27.5 Å². The van der Waals surface area contributed by atoms with Gasteiger partial charge in [0, 0.05) is 0 Å². The lowest BCUT2D eigenvalue weighted by Crippen LogP contribution is -2.36. The Balaban J connectivity index is 1.73. The third kappa shape index (κ3) is 4.25. The second kappa shape index (κ2) is 7.89. The van der Waals surface area contributed by atoms with Crippen molar-refractivity contribution in [3.05, 3.63) is 48.0 Å². The molecular weight excluding hydrogens is 384 g/mol. The highest BCUT2D eigenvalue weighted by molar-refractivity contribution is 7.90. The first-order valence-electron chi connectivity index (χ1n) is 8.62. The molecular formula is C19H20N2O6S. The number of nitrogens with one attached hydrogen (secondary N) is 2. The zero-order chi connectivity index (χ0) is 20.3. The van der Waals surface area contributed by atoms with Crippen molar-refractivity contribution in [2.45, 2.75) is 30.8 Å². The Bertz CT molecular complexity index is 1000. The number of benzene rings is 2. The molecule has 0 radical (unpaired) electrons. The minimum Gasteiger partial charge on any atom is -0.497 e. The van der Waals surface area contributed by atoms with Gasteiger partial charge in [0.1, 0.15) is 11.5 Å². The van der Waals surface area contributed by atoms with Gasteiger partial charge < -0.3 is 14.8 Å². The molecule has 2 N–H and O–H groups in total. The number of hydrogen-bond donors (Lipinski definition) is 2. The number of methoxy groups -OCH3 is 1. The van der Waals surface area contributed by atoms with E-state index in [1.54, 1.807) is 24.3 Å². The van der Waals surface area contributed by atoms with E-state index in [1.807, 2.05) is 11.6 Å². The van der Waals surface area contributed by atoms with Crippen molar-refractivity contribution in [2.24, 2.45) is 0 Å².